The van der Waals surface area contributed by atoms with Gasteiger partial charge in [0.15, 0.2) is 0 Å². The molecule has 0 saturated carbocycles. The van der Waals surface area contributed by atoms with E-state index < -0.39 is 0 Å². The monoisotopic (exact) mass is 390 g/mol. The van der Waals surface area contributed by atoms with E-state index in [-0.39, 0.29) is 36.1 Å². The van der Waals surface area contributed by atoms with Crippen molar-refractivity contribution in [2.45, 2.75) is 25.7 Å². The van der Waals surface area contributed by atoms with Crippen LogP contribution in [0.25, 0.3) is 0 Å². The van der Waals surface area contributed by atoms with Gasteiger partial charge in [-0.15, -0.1) is 0 Å². The van der Waals surface area contributed by atoms with Gasteiger partial charge in [0.25, 0.3) is 0 Å². The molecule has 2 aliphatic rings. The molecule has 0 atom stereocenters. The Kier molecular flexibility index (Phi) is 6.97. The van der Waals surface area contributed by atoms with Crippen molar-refractivity contribution in [1.82, 2.24) is 20.4 Å². The van der Waals surface area contributed by atoms with Crippen LogP contribution in [0.4, 0.5) is 9.18 Å². The second kappa shape index (κ2) is 9.64. The highest BCUT2D eigenvalue weighted by molar-refractivity contribution is 5.96. The molecular weight excluding hydrogens is 363 g/mol. The van der Waals surface area contributed by atoms with Gasteiger partial charge in [-0.1, -0.05) is 18.2 Å². The number of hydrogen-bond acceptors (Lipinski definition) is 4. The smallest absolute Gasteiger partial charge is 0.324 e. The number of amides is 4. The van der Waals surface area contributed by atoms with Crippen LogP contribution in [0.5, 0.6) is 0 Å². The Morgan fingerprint density at radius 3 is 2.61 bits per heavy atom. The van der Waals surface area contributed by atoms with E-state index in [1.807, 2.05) is 4.90 Å². The van der Waals surface area contributed by atoms with E-state index in [1.54, 1.807) is 18.2 Å². The lowest BCUT2D eigenvalue weighted by atomic mass is 9.93. The SMILES string of the molecule is O=C(CC1CCN(CC(=O)N2CCNC2=O)CC1)NCCc1ccccc1F. The number of imide groups is 1. The zero-order valence-corrected chi connectivity index (χ0v) is 16.0. The number of likely N-dealkylation sites (tertiary alicyclic amines) is 1. The standard InChI is InChI=1S/C20H27FN4O3/c21-17-4-2-1-3-16(17)5-8-22-18(26)13-15-6-10-24(11-7-15)14-19(27)25-12-9-23-20(25)28/h1-4,15H,5-14H2,(H,22,26)(H,23,28). The number of piperidine rings is 1. The van der Waals surface area contributed by atoms with Gasteiger partial charge in [0, 0.05) is 26.1 Å². The van der Waals surface area contributed by atoms with Crippen molar-refractivity contribution in [3.63, 3.8) is 0 Å². The molecule has 8 heteroatoms. The largest absolute Gasteiger partial charge is 0.356 e. The third kappa shape index (κ3) is 5.51. The van der Waals surface area contributed by atoms with Gasteiger partial charge in [-0.25, -0.2) is 9.18 Å². The van der Waals surface area contributed by atoms with Crippen molar-refractivity contribution in [1.29, 1.82) is 0 Å². The van der Waals surface area contributed by atoms with Gasteiger partial charge in [-0.05, 0) is 49.9 Å². The van der Waals surface area contributed by atoms with Gasteiger partial charge in [0.05, 0.1) is 6.54 Å². The first-order valence-corrected chi connectivity index (χ1v) is 9.83. The normalized spacial score (nSPS) is 18.2. The fourth-order valence-electron chi connectivity index (χ4n) is 3.71. The van der Waals surface area contributed by atoms with Crippen LogP contribution in [0, 0.1) is 11.7 Å². The van der Waals surface area contributed by atoms with E-state index in [4.69, 9.17) is 0 Å². The molecule has 2 N–H and O–H groups in total. The Hall–Kier alpha value is -2.48. The van der Waals surface area contributed by atoms with E-state index in [1.165, 1.54) is 11.0 Å². The number of benzene rings is 1. The molecule has 0 unspecified atom stereocenters. The summed E-state index contributed by atoms with van der Waals surface area (Å²) in [4.78, 5) is 39.1. The minimum absolute atomic E-state index is 0.0143. The van der Waals surface area contributed by atoms with E-state index in [0.29, 0.717) is 38.0 Å². The Labute approximate surface area is 164 Å². The van der Waals surface area contributed by atoms with Gasteiger partial charge in [-0.2, -0.15) is 0 Å². The molecule has 0 radical (unpaired) electrons. The molecule has 7 nitrogen and oxygen atoms in total. The number of halogens is 1. The predicted octanol–water partition coefficient (Wildman–Crippen LogP) is 1.14. The maximum atomic E-state index is 13.6. The summed E-state index contributed by atoms with van der Waals surface area (Å²) in [7, 11) is 0. The summed E-state index contributed by atoms with van der Waals surface area (Å²) in [5, 5.41) is 5.50. The third-order valence-electron chi connectivity index (χ3n) is 5.37. The average Bonchev–Trinajstić information content (AvgIpc) is 3.11. The van der Waals surface area contributed by atoms with E-state index >= 15 is 0 Å². The molecule has 1 aromatic rings. The van der Waals surface area contributed by atoms with Gasteiger partial charge in [-0.3, -0.25) is 19.4 Å². The van der Waals surface area contributed by atoms with Crippen molar-refractivity contribution in [2.24, 2.45) is 5.92 Å². The van der Waals surface area contributed by atoms with Gasteiger partial charge in [0.1, 0.15) is 5.82 Å². The number of rotatable bonds is 7. The first-order valence-electron chi connectivity index (χ1n) is 9.83. The number of nitrogens with one attached hydrogen (secondary N) is 2. The molecule has 0 aromatic heterocycles. The van der Waals surface area contributed by atoms with Crippen LogP contribution in [-0.2, 0) is 16.0 Å². The van der Waals surface area contributed by atoms with Gasteiger partial charge >= 0.3 is 6.03 Å². The van der Waals surface area contributed by atoms with Crippen molar-refractivity contribution in [3.8, 4) is 0 Å². The second-order valence-corrected chi connectivity index (χ2v) is 7.39. The van der Waals surface area contributed by atoms with Crippen LogP contribution in [-0.4, -0.2) is 66.9 Å². The first-order chi connectivity index (χ1) is 13.5. The molecule has 0 bridgehead atoms. The van der Waals surface area contributed by atoms with Crippen molar-refractivity contribution in [2.75, 3.05) is 39.3 Å². The molecule has 1 aromatic carbocycles. The summed E-state index contributed by atoms with van der Waals surface area (Å²) in [6, 6.07) is 6.27. The lowest BCUT2D eigenvalue weighted by molar-refractivity contribution is -0.129. The fraction of sp³-hybridized carbons (Fsp3) is 0.550. The lowest BCUT2D eigenvalue weighted by Gasteiger charge is -2.31. The molecule has 0 aliphatic carbocycles. The van der Waals surface area contributed by atoms with Gasteiger partial charge in [0.2, 0.25) is 11.8 Å². The molecule has 0 spiro atoms. The number of carbonyl (C=O) groups is 3. The first kappa shape index (κ1) is 20.3. The Balaban J connectivity index is 1.32. The van der Waals surface area contributed by atoms with Crippen molar-refractivity contribution in [3.05, 3.63) is 35.6 Å². The zero-order valence-electron chi connectivity index (χ0n) is 16.0. The van der Waals surface area contributed by atoms with Crippen molar-refractivity contribution >= 4 is 17.8 Å². The summed E-state index contributed by atoms with van der Waals surface area (Å²) in [5.41, 5.74) is 0.604. The molecule has 152 valence electrons. The van der Waals surface area contributed by atoms with Gasteiger partial charge < -0.3 is 10.6 Å². The summed E-state index contributed by atoms with van der Waals surface area (Å²) < 4.78 is 13.6. The highest BCUT2D eigenvalue weighted by Crippen LogP contribution is 2.20. The molecule has 2 aliphatic heterocycles. The molecule has 4 amide bonds. The third-order valence-corrected chi connectivity index (χ3v) is 5.37. The van der Waals surface area contributed by atoms with E-state index in [2.05, 4.69) is 10.6 Å². The topological polar surface area (TPSA) is 81.8 Å². The molecule has 2 saturated heterocycles. The van der Waals surface area contributed by atoms with E-state index in [0.717, 1.165) is 25.9 Å². The van der Waals surface area contributed by atoms with Crippen LogP contribution in [0.2, 0.25) is 0 Å². The van der Waals surface area contributed by atoms with Crippen LogP contribution in [0.15, 0.2) is 24.3 Å². The molecule has 3 rings (SSSR count). The van der Waals surface area contributed by atoms with E-state index in [9.17, 15) is 18.8 Å². The number of nitrogens with zero attached hydrogens (tertiary/aromatic N) is 2. The van der Waals surface area contributed by atoms with Crippen LogP contribution in [0.1, 0.15) is 24.8 Å². The summed E-state index contributed by atoms with van der Waals surface area (Å²) in [6.07, 6.45) is 2.62. The lowest BCUT2D eigenvalue weighted by Crippen LogP contribution is -2.44. The average molecular weight is 390 g/mol. The number of carbonyl (C=O) groups excluding carboxylic acids is 3. The number of urea groups is 1. The predicted molar refractivity (Wildman–Crippen MR) is 102 cm³/mol. The minimum Gasteiger partial charge on any atom is -0.356 e. The highest BCUT2D eigenvalue weighted by Gasteiger charge is 2.29. The van der Waals surface area contributed by atoms with Crippen molar-refractivity contribution < 1.29 is 18.8 Å². The summed E-state index contributed by atoms with van der Waals surface area (Å²) >= 11 is 0. The van der Waals surface area contributed by atoms with Crippen LogP contribution >= 0.6 is 0 Å². The number of hydrogen-bond donors (Lipinski definition) is 2. The maximum absolute atomic E-state index is 13.6. The van der Waals surface area contributed by atoms with Crippen LogP contribution < -0.4 is 10.6 Å². The molecule has 28 heavy (non-hydrogen) atoms. The molecule has 2 fully saturated rings. The fourth-order valence-corrected chi connectivity index (χ4v) is 3.71. The maximum Gasteiger partial charge on any atom is 0.324 e. The van der Waals surface area contributed by atoms with Crippen LogP contribution in [0.3, 0.4) is 0 Å². The Bertz CT molecular complexity index is 719. The zero-order chi connectivity index (χ0) is 19.9. The summed E-state index contributed by atoms with van der Waals surface area (Å²) in [6.45, 7) is 3.10. The summed E-state index contributed by atoms with van der Waals surface area (Å²) in [5.74, 6) is -0.140. The second-order valence-electron chi connectivity index (χ2n) is 7.39. The molecular formula is C20H27FN4O3. The molecule has 2 heterocycles. The Morgan fingerprint density at radius 2 is 1.93 bits per heavy atom. The highest BCUT2D eigenvalue weighted by atomic mass is 19.1. The quantitative estimate of drug-likeness (QED) is 0.732. The Morgan fingerprint density at radius 1 is 1.18 bits per heavy atom. The minimum atomic E-state index is -0.313.